The molecule has 0 radical (unpaired) electrons. The number of ether oxygens (including phenoxy) is 2. The summed E-state index contributed by atoms with van der Waals surface area (Å²) in [6.07, 6.45) is 1.16. The molecular formula is C15H21NO4. The summed E-state index contributed by atoms with van der Waals surface area (Å²) in [4.78, 5) is 23.1. The molecule has 0 spiro atoms. The fourth-order valence-electron chi connectivity index (χ4n) is 1.44. The SMILES string of the molecule is CCCCOC(=O)NC(C)C(=O)OCc1ccccc1. The Hall–Kier alpha value is -2.04. The van der Waals surface area contributed by atoms with Crippen LogP contribution in [0, 0.1) is 0 Å². The third-order valence-corrected chi connectivity index (χ3v) is 2.64. The molecule has 110 valence electrons. The molecule has 1 N–H and O–H groups in total. The first kappa shape index (κ1) is 16.0. The number of carbonyl (C=O) groups excluding carboxylic acids is 2. The Labute approximate surface area is 119 Å². The normalized spacial score (nSPS) is 11.5. The lowest BCUT2D eigenvalue weighted by Crippen LogP contribution is -2.39. The number of hydrogen-bond donors (Lipinski definition) is 1. The lowest BCUT2D eigenvalue weighted by molar-refractivity contribution is -0.146. The van der Waals surface area contributed by atoms with Gasteiger partial charge in [0, 0.05) is 0 Å². The standard InChI is InChI=1S/C15H21NO4/c1-3-4-10-19-15(18)16-12(2)14(17)20-11-13-8-6-5-7-9-13/h5-9,12H,3-4,10-11H2,1-2H3,(H,16,18). The zero-order valence-corrected chi connectivity index (χ0v) is 11.9. The Balaban J connectivity index is 2.26. The first-order valence-electron chi connectivity index (χ1n) is 6.77. The van der Waals surface area contributed by atoms with Gasteiger partial charge in [-0.3, -0.25) is 0 Å². The predicted octanol–water partition coefficient (Wildman–Crippen LogP) is 2.64. The van der Waals surface area contributed by atoms with Gasteiger partial charge in [-0.2, -0.15) is 0 Å². The van der Waals surface area contributed by atoms with Crippen LogP contribution < -0.4 is 5.32 Å². The van der Waals surface area contributed by atoms with Crippen molar-refractivity contribution in [1.82, 2.24) is 5.32 Å². The van der Waals surface area contributed by atoms with Gasteiger partial charge in [0.1, 0.15) is 12.6 Å². The maximum atomic E-state index is 11.7. The van der Waals surface area contributed by atoms with E-state index in [2.05, 4.69) is 5.32 Å². The van der Waals surface area contributed by atoms with Gasteiger partial charge in [0.25, 0.3) is 0 Å². The molecule has 0 fully saturated rings. The van der Waals surface area contributed by atoms with Gasteiger partial charge in [-0.05, 0) is 18.9 Å². The van der Waals surface area contributed by atoms with E-state index >= 15 is 0 Å². The molecule has 5 heteroatoms. The molecule has 0 aliphatic rings. The molecule has 0 heterocycles. The van der Waals surface area contributed by atoms with E-state index in [4.69, 9.17) is 9.47 Å². The van der Waals surface area contributed by atoms with Crippen LogP contribution in [0.2, 0.25) is 0 Å². The molecule has 1 amide bonds. The molecule has 1 aromatic rings. The van der Waals surface area contributed by atoms with E-state index < -0.39 is 18.1 Å². The fraction of sp³-hybridized carbons (Fsp3) is 0.467. The Bertz CT molecular complexity index is 419. The number of hydrogen-bond acceptors (Lipinski definition) is 4. The Morgan fingerprint density at radius 1 is 1.20 bits per heavy atom. The van der Waals surface area contributed by atoms with Crippen LogP contribution in [0.25, 0.3) is 0 Å². The average Bonchev–Trinajstić information content (AvgIpc) is 2.46. The summed E-state index contributed by atoms with van der Waals surface area (Å²) >= 11 is 0. The van der Waals surface area contributed by atoms with Gasteiger partial charge in [0.2, 0.25) is 0 Å². The van der Waals surface area contributed by atoms with Crippen molar-refractivity contribution in [1.29, 1.82) is 0 Å². The second-order valence-electron chi connectivity index (χ2n) is 4.45. The van der Waals surface area contributed by atoms with Crippen LogP contribution in [0.1, 0.15) is 32.3 Å². The minimum absolute atomic E-state index is 0.191. The van der Waals surface area contributed by atoms with Crippen molar-refractivity contribution in [3.63, 3.8) is 0 Å². The summed E-state index contributed by atoms with van der Waals surface area (Å²) in [6.45, 7) is 4.12. The van der Waals surface area contributed by atoms with Gasteiger partial charge in [0.05, 0.1) is 6.61 Å². The summed E-state index contributed by atoms with van der Waals surface area (Å²) in [5.41, 5.74) is 0.901. The third kappa shape index (κ3) is 6.22. The molecule has 0 aliphatic carbocycles. The highest BCUT2D eigenvalue weighted by Crippen LogP contribution is 2.02. The summed E-state index contributed by atoms with van der Waals surface area (Å²) in [5.74, 6) is -0.485. The molecule has 1 aromatic carbocycles. The first-order valence-corrected chi connectivity index (χ1v) is 6.77. The molecular weight excluding hydrogens is 258 g/mol. The van der Waals surface area contributed by atoms with Crippen molar-refractivity contribution in [3.05, 3.63) is 35.9 Å². The highest BCUT2D eigenvalue weighted by atomic mass is 16.6. The van der Waals surface area contributed by atoms with Crippen LogP contribution in [0.5, 0.6) is 0 Å². The number of alkyl carbamates (subject to hydrolysis) is 1. The molecule has 20 heavy (non-hydrogen) atoms. The van der Waals surface area contributed by atoms with E-state index in [9.17, 15) is 9.59 Å². The Morgan fingerprint density at radius 2 is 1.90 bits per heavy atom. The van der Waals surface area contributed by atoms with Crippen LogP contribution in [-0.4, -0.2) is 24.7 Å². The van der Waals surface area contributed by atoms with E-state index in [1.54, 1.807) is 6.92 Å². The maximum Gasteiger partial charge on any atom is 0.407 e. The van der Waals surface area contributed by atoms with E-state index in [1.165, 1.54) is 0 Å². The molecule has 0 aromatic heterocycles. The number of amides is 1. The maximum absolute atomic E-state index is 11.7. The Morgan fingerprint density at radius 3 is 2.55 bits per heavy atom. The van der Waals surface area contributed by atoms with E-state index in [-0.39, 0.29) is 6.61 Å². The van der Waals surface area contributed by atoms with Crippen molar-refractivity contribution in [2.45, 2.75) is 39.3 Å². The Kier molecular flexibility index (Phi) is 7.17. The molecule has 1 unspecified atom stereocenters. The van der Waals surface area contributed by atoms with E-state index in [0.29, 0.717) is 6.61 Å². The molecule has 0 bridgehead atoms. The topological polar surface area (TPSA) is 64.6 Å². The van der Waals surface area contributed by atoms with Crippen molar-refractivity contribution < 1.29 is 19.1 Å². The van der Waals surface area contributed by atoms with Crippen molar-refractivity contribution >= 4 is 12.1 Å². The minimum Gasteiger partial charge on any atom is -0.459 e. The van der Waals surface area contributed by atoms with E-state index in [0.717, 1.165) is 18.4 Å². The summed E-state index contributed by atoms with van der Waals surface area (Å²) in [5, 5.41) is 2.44. The van der Waals surface area contributed by atoms with Gasteiger partial charge in [0.15, 0.2) is 0 Å². The van der Waals surface area contributed by atoms with Crippen LogP contribution in [0.3, 0.4) is 0 Å². The van der Waals surface area contributed by atoms with Gasteiger partial charge >= 0.3 is 12.1 Å². The summed E-state index contributed by atoms with van der Waals surface area (Å²) in [6, 6.07) is 8.63. The van der Waals surface area contributed by atoms with Gasteiger partial charge < -0.3 is 14.8 Å². The minimum atomic E-state index is -0.729. The number of nitrogens with one attached hydrogen (secondary N) is 1. The number of esters is 1. The first-order chi connectivity index (χ1) is 9.63. The van der Waals surface area contributed by atoms with Crippen molar-refractivity contribution in [2.75, 3.05) is 6.61 Å². The van der Waals surface area contributed by atoms with E-state index in [1.807, 2.05) is 37.3 Å². The molecule has 1 atom stereocenters. The molecule has 0 saturated heterocycles. The lowest BCUT2D eigenvalue weighted by atomic mass is 10.2. The number of carbonyl (C=O) groups is 2. The largest absolute Gasteiger partial charge is 0.459 e. The highest BCUT2D eigenvalue weighted by Gasteiger charge is 2.17. The van der Waals surface area contributed by atoms with Crippen LogP contribution in [0.15, 0.2) is 30.3 Å². The zero-order chi connectivity index (χ0) is 14.8. The van der Waals surface area contributed by atoms with Crippen LogP contribution in [0.4, 0.5) is 4.79 Å². The fourth-order valence-corrected chi connectivity index (χ4v) is 1.44. The van der Waals surface area contributed by atoms with Crippen molar-refractivity contribution in [2.24, 2.45) is 0 Å². The third-order valence-electron chi connectivity index (χ3n) is 2.64. The molecule has 0 saturated carbocycles. The summed E-state index contributed by atoms with van der Waals surface area (Å²) < 4.78 is 10.0. The number of benzene rings is 1. The number of rotatable bonds is 7. The van der Waals surface area contributed by atoms with Crippen LogP contribution in [-0.2, 0) is 20.9 Å². The second kappa shape index (κ2) is 8.96. The lowest BCUT2D eigenvalue weighted by Gasteiger charge is -2.13. The van der Waals surface area contributed by atoms with Crippen molar-refractivity contribution in [3.8, 4) is 0 Å². The highest BCUT2D eigenvalue weighted by molar-refractivity contribution is 5.80. The van der Waals surface area contributed by atoms with Crippen LogP contribution >= 0.6 is 0 Å². The zero-order valence-electron chi connectivity index (χ0n) is 11.9. The smallest absolute Gasteiger partial charge is 0.407 e. The summed E-state index contributed by atoms with van der Waals surface area (Å²) in [7, 11) is 0. The van der Waals surface area contributed by atoms with Gasteiger partial charge in [-0.15, -0.1) is 0 Å². The average molecular weight is 279 g/mol. The second-order valence-corrected chi connectivity index (χ2v) is 4.45. The quantitative estimate of drug-likeness (QED) is 0.615. The monoisotopic (exact) mass is 279 g/mol. The number of unbranched alkanes of at least 4 members (excludes halogenated alkanes) is 1. The van der Waals surface area contributed by atoms with Gasteiger partial charge in [-0.1, -0.05) is 43.7 Å². The predicted molar refractivity (Wildman–Crippen MR) is 75.1 cm³/mol. The van der Waals surface area contributed by atoms with Gasteiger partial charge in [-0.25, -0.2) is 9.59 Å². The molecule has 1 rings (SSSR count). The molecule has 5 nitrogen and oxygen atoms in total. The molecule has 0 aliphatic heterocycles.